The highest BCUT2D eigenvalue weighted by molar-refractivity contribution is 5.99. The Morgan fingerprint density at radius 2 is 1.96 bits per heavy atom. The van der Waals surface area contributed by atoms with Crippen LogP contribution in [0.2, 0.25) is 0 Å². The molecule has 1 aromatic heterocycles. The summed E-state index contributed by atoms with van der Waals surface area (Å²) < 4.78 is 11.8. The monoisotopic (exact) mass is 350 g/mol. The Balaban J connectivity index is 1.59. The van der Waals surface area contributed by atoms with E-state index in [1.807, 2.05) is 54.6 Å². The number of furan rings is 1. The van der Waals surface area contributed by atoms with Crippen molar-refractivity contribution in [2.24, 2.45) is 0 Å². The summed E-state index contributed by atoms with van der Waals surface area (Å²) in [5, 5.41) is 7.31. The number of carbonyl (C=O) groups excluding carboxylic acids is 1. The molecule has 1 aliphatic heterocycles. The molecule has 1 aliphatic rings. The third kappa shape index (κ3) is 3.58. The van der Waals surface area contributed by atoms with Crippen LogP contribution in [0.25, 0.3) is 11.0 Å². The van der Waals surface area contributed by atoms with Gasteiger partial charge >= 0.3 is 0 Å². The molecule has 0 saturated carbocycles. The Kier molecular flexibility index (Phi) is 4.88. The third-order valence-corrected chi connectivity index (χ3v) is 4.66. The zero-order valence-electron chi connectivity index (χ0n) is 14.5. The second-order valence-electron chi connectivity index (χ2n) is 6.52. The predicted molar refractivity (Wildman–Crippen MR) is 100 cm³/mol. The molecule has 1 atom stereocenters. The maximum absolute atomic E-state index is 12.8. The molecule has 3 aromatic rings. The fourth-order valence-electron chi connectivity index (χ4n) is 3.32. The van der Waals surface area contributed by atoms with E-state index in [1.165, 1.54) is 0 Å². The molecular formula is C21H22N2O3. The normalized spacial score (nSPS) is 17.2. The minimum Gasteiger partial charge on any atom is -0.489 e. The SMILES string of the molecule is O=C(N[C@H]1CCCNC1)c1oc2ccccc2c1COc1ccccc1. The second-order valence-corrected chi connectivity index (χ2v) is 6.52. The van der Waals surface area contributed by atoms with Crippen molar-refractivity contribution in [2.45, 2.75) is 25.5 Å². The molecule has 1 saturated heterocycles. The van der Waals surface area contributed by atoms with Gasteiger partial charge < -0.3 is 19.8 Å². The van der Waals surface area contributed by atoms with Crippen molar-refractivity contribution in [1.29, 1.82) is 0 Å². The van der Waals surface area contributed by atoms with Gasteiger partial charge in [-0.3, -0.25) is 4.79 Å². The molecule has 2 N–H and O–H groups in total. The van der Waals surface area contributed by atoms with E-state index in [0.29, 0.717) is 11.3 Å². The van der Waals surface area contributed by atoms with Gasteiger partial charge in [-0.25, -0.2) is 0 Å². The van der Waals surface area contributed by atoms with Gasteiger partial charge in [0.15, 0.2) is 5.76 Å². The Morgan fingerprint density at radius 3 is 2.77 bits per heavy atom. The van der Waals surface area contributed by atoms with Crippen LogP contribution in [-0.4, -0.2) is 25.0 Å². The molecule has 0 spiro atoms. The molecule has 2 aromatic carbocycles. The average molecular weight is 350 g/mol. The molecule has 1 amide bonds. The Labute approximate surface area is 152 Å². The van der Waals surface area contributed by atoms with Gasteiger partial charge in [0.05, 0.1) is 0 Å². The number of para-hydroxylation sites is 2. The first-order valence-electron chi connectivity index (χ1n) is 9.01. The Bertz CT molecular complexity index is 883. The quantitative estimate of drug-likeness (QED) is 0.739. The van der Waals surface area contributed by atoms with Gasteiger partial charge in [0.1, 0.15) is 17.9 Å². The van der Waals surface area contributed by atoms with Crippen molar-refractivity contribution in [3.05, 3.63) is 65.9 Å². The Morgan fingerprint density at radius 1 is 1.15 bits per heavy atom. The summed E-state index contributed by atoms with van der Waals surface area (Å²) in [7, 11) is 0. The van der Waals surface area contributed by atoms with Crippen molar-refractivity contribution < 1.29 is 13.9 Å². The predicted octanol–water partition coefficient (Wildman–Crippen LogP) is 3.49. The zero-order chi connectivity index (χ0) is 17.8. The molecule has 5 nitrogen and oxygen atoms in total. The molecule has 0 aliphatic carbocycles. The minimum absolute atomic E-state index is 0.132. The molecule has 0 radical (unpaired) electrons. The fourth-order valence-corrected chi connectivity index (χ4v) is 3.32. The summed E-state index contributed by atoms with van der Waals surface area (Å²) in [5.74, 6) is 0.926. The van der Waals surface area contributed by atoms with Crippen molar-refractivity contribution in [3.8, 4) is 5.75 Å². The van der Waals surface area contributed by atoms with Crippen molar-refractivity contribution in [1.82, 2.24) is 10.6 Å². The van der Waals surface area contributed by atoms with Crippen LogP contribution in [0, 0.1) is 0 Å². The standard InChI is InChI=1S/C21H22N2O3/c24-21(23-15-7-6-12-22-13-15)20-18(14-25-16-8-2-1-3-9-16)17-10-4-5-11-19(17)26-20/h1-5,8-11,15,22H,6-7,12-14H2,(H,23,24)/t15-/m0/s1. The fraction of sp³-hybridized carbons (Fsp3) is 0.286. The zero-order valence-corrected chi connectivity index (χ0v) is 14.5. The highest BCUT2D eigenvalue weighted by Crippen LogP contribution is 2.27. The number of amides is 1. The number of hydrogen-bond acceptors (Lipinski definition) is 4. The smallest absolute Gasteiger partial charge is 0.287 e. The molecule has 5 heteroatoms. The molecule has 0 bridgehead atoms. The lowest BCUT2D eigenvalue weighted by molar-refractivity contribution is 0.0901. The van der Waals surface area contributed by atoms with Crippen LogP contribution in [0.5, 0.6) is 5.75 Å². The summed E-state index contributed by atoms with van der Waals surface area (Å²) >= 11 is 0. The van der Waals surface area contributed by atoms with E-state index in [4.69, 9.17) is 9.15 Å². The van der Waals surface area contributed by atoms with Gasteiger partial charge in [0.25, 0.3) is 5.91 Å². The van der Waals surface area contributed by atoms with Gasteiger partial charge in [-0.05, 0) is 37.6 Å². The largest absolute Gasteiger partial charge is 0.489 e. The summed E-state index contributed by atoms with van der Waals surface area (Å²) in [6, 6.07) is 17.4. The number of hydrogen-bond donors (Lipinski definition) is 2. The van der Waals surface area contributed by atoms with Gasteiger partial charge in [-0.15, -0.1) is 0 Å². The third-order valence-electron chi connectivity index (χ3n) is 4.66. The molecule has 0 unspecified atom stereocenters. The van der Waals surface area contributed by atoms with E-state index < -0.39 is 0 Å². The topological polar surface area (TPSA) is 63.5 Å². The van der Waals surface area contributed by atoms with Gasteiger partial charge in [0, 0.05) is 23.5 Å². The first-order valence-corrected chi connectivity index (χ1v) is 9.01. The van der Waals surface area contributed by atoms with Crippen molar-refractivity contribution in [3.63, 3.8) is 0 Å². The lowest BCUT2D eigenvalue weighted by atomic mass is 10.1. The summed E-state index contributed by atoms with van der Waals surface area (Å²) in [4.78, 5) is 12.8. The van der Waals surface area contributed by atoms with Crippen molar-refractivity contribution in [2.75, 3.05) is 13.1 Å². The van der Waals surface area contributed by atoms with Gasteiger partial charge in [-0.2, -0.15) is 0 Å². The van der Waals surface area contributed by atoms with E-state index >= 15 is 0 Å². The molecule has 2 heterocycles. The Hall–Kier alpha value is -2.79. The molecule has 1 fully saturated rings. The average Bonchev–Trinajstić information content (AvgIpc) is 3.07. The molecular weight excluding hydrogens is 328 g/mol. The number of fused-ring (bicyclic) bond motifs is 1. The van der Waals surface area contributed by atoms with Gasteiger partial charge in [-0.1, -0.05) is 36.4 Å². The van der Waals surface area contributed by atoms with E-state index in [-0.39, 0.29) is 18.6 Å². The number of piperidine rings is 1. The number of ether oxygens (including phenoxy) is 1. The maximum atomic E-state index is 12.8. The van der Waals surface area contributed by atoms with Crippen LogP contribution in [0.15, 0.2) is 59.0 Å². The maximum Gasteiger partial charge on any atom is 0.287 e. The van der Waals surface area contributed by atoms with E-state index in [0.717, 1.165) is 42.6 Å². The number of nitrogens with one attached hydrogen (secondary N) is 2. The van der Waals surface area contributed by atoms with Crippen LogP contribution in [0.4, 0.5) is 0 Å². The number of carbonyl (C=O) groups is 1. The molecule has 4 rings (SSSR count). The van der Waals surface area contributed by atoms with Crippen LogP contribution >= 0.6 is 0 Å². The number of rotatable bonds is 5. The van der Waals surface area contributed by atoms with Crippen molar-refractivity contribution >= 4 is 16.9 Å². The minimum atomic E-state index is -0.179. The number of benzene rings is 2. The highest BCUT2D eigenvalue weighted by Gasteiger charge is 2.24. The van der Waals surface area contributed by atoms with Crippen LogP contribution in [0.3, 0.4) is 0 Å². The van der Waals surface area contributed by atoms with Crippen LogP contribution < -0.4 is 15.4 Å². The second kappa shape index (κ2) is 7.62. The lowest BCUT2D eigenvalue weighted by Crippen LogP contribution is -2.45. The van der Waals surface area contributed by atoms with E-state index in [2.05, 4.69) is 10.6 Å². The summed E-state index contributed by atoms with van der Waals surface area (Å²) in [6.45, 7) is 2.09. The van der Waals surface area contributed by atoms with Crippen LogP contribution in [-0.2, 0) is 6.61 Å². The first-order chi connectivity index (χ1) is 12.8. The van der Waals surface area contributed by atoms with Crippen LogP contribution in [0.1, 0.15) is 29.0 Å². The van der Waals surface area contributed by atoms with E-state index in [1.54, 1.807) is 0 Å². The van der Waals surface area contributed by atoms with E-state index in [9.17, 15) is 4.79 Å². The first kappa shape index (κ1) is 16.7. The molecule has 26 heavy (non-hydrogen) atoms. The summed E-state index contributed by atoms with van der Waals surface area (Å²) in [5.41, 5.74) is 1.48. The lowest BCUT2D eigenvalue weighted by Gasteiger charge is -2.23. The van der Waals surface area contributed by atoms with Gasteiger partial charge in [0.2, 0.25) is 0 Å². The highest BCUT2D eigenvalue weighted by atomic mass is 16.5. The summed E-state index contributed by atoms with van der Waals surface area (Å²) in [6.07, 6.45) is 2.05. The molecule has 134 valence electrons.